The van der Waals surface area contributed by atoms with Crippen LogP contribution in [0, 0.1) is 0 Å². The van der Waals surface area contributed by atoms with Crippen molar-refractivity contribution in [2.45, 2.75) is 51.8 Å². The molecule has 0 saturated carbocycles. The number of fused-ring (bicyclic) bond motifs is 1. The van der Waals surface area contributed by atoms with E-state index in [1.54, 1.807) is 0 Å². The van der Waals surface area contributed by atoms with Gasteiger partial charge >= 0.3 is 5.97 Å². The number of halogens is 2. The van der Waals surface area contributed by atoms with Crippen LogP contribution in [0.4, 0.5) is 6.01 Å². The van der Waals surface area contributed by atoms with Crippen LogP contribution in [0.15, 0.2) is 46.9 Å². The molecule has 0 bridgehead atoms. The number of hydrogen-bond acceptors (Lipinski definition) is 7. The summed E-state index contributed by atoms with van der Waals surface area (Å²) in [5, 5.41) is 4.60. The van der Waals surface area contributed by atoms with E-state index in [-0.39, 0.29) is 12.0 Å². The number of hydrogen-bond donors (Lipinski definition) is 1. The lowest BCUT2D eigenvalue weighted by atomic mass is 10.1. The van der Waals surface area contributed by atoms with Crippen molar-refractivity contribution in [1.29, 1.82) is 0 Å². The van der Waals surface area contributed by atoms with E-state index in [0.717, 1.165) is 55.9 Å². The summed E-state index contributed by atoms with van der Waals surface area (Å²) in [6.45, 7) is 11.0. The number of nitrogens with one attached hydrogen (secondary N) is 1. The van der Waals surface area contributed by atoms with Gasteiger partial charge in [-0.05, 0) is 57.0 Å². The van der Waals surface area contributed by atoms with Gasteiger partial charge in [0.25, 0.3) is 6.01 Å². The third kappa shape index (κ3) is 7.84. The molecule has 1 aliphatic heterocycles. The zero-order valence-electron chi connectivity index (χ0n) is 21.1. The minimum Gasteiger partial charge on any atom is -0.460 e. The fourth-order valence-corrected chi connectivity index (χ4v) is 4.66. The highest BCUT2D eigenvalue weighted by molar-refractivity contribution is 6.42. The Morgan fingerprint density at radius 3 is 2.50 bits per heavy atom. The molecular formula is C27H34Cl2N4O3. The predicted molar refractivity (Wildman–Crippen MR) is 145 cm³/mol. The van der Waals surface area contributed by atoms with Crippen LogP contribution >= 0.6 is 23.2 Å². The minimum absolute atomic E-state index is 0.00722. The van der Waals surface area contributed by atoms with Gasteiger partial charge in [0.15, 0.2) is 5.58 Å². The summed E-state index contributed by atoms with van der Waals surface area (Å²) in [6.07, 6.45) is 0.948. The van der Waals surface area contributed by atoms with Crippen LogP contribution in [-0.4, -0.2) is 65.1 Å². The van der Waals surface area contributed by atoms with Gasteiger partial charge in [-0.25, -0.2) is 0 Å². The van der Waals surface area contributed by atoms with E-state index in [0.29, 0.717) is 28.9 Å². The van der Waals surface area contributed by atoms with E-state index in [1.165, 1.54) is 0 Å². The van der Waals surface area contributed by atoms with Gasteiger partial charge in [0, 0.05) is 51.7 Å². The molecule has 2 aromatic carbocycles. The van der Waals surface area contributed by atoms with Crippen molar-refractivity contribution in [1.82, 2.24) is 14.8 Å². The van der Waals surface area contributed by atoms with Gasteiger partial charge in [-0.2, -0.15) is 4.98 Å². The van der Waals surface area contributed by atoms with Gasteiger partial charge in [-0.15, -0.1) is 0 Å². The molecule has 36 heavy (non-hydrogen) atoms. The molecule has 4 rings (SSSR count). The normalized spacial score (nSPS) is 16.2. The van der Waals surface area contributed by atoms with Crippen molar-refractivity contribution >= 4 is 46.3 Å². The Kier molecular flexibility index (Phi) is 8.78. The van der Waals surface area contributed by atoms with E-state index in [4.69, 9.17) is 32.4 Å². The minimum atomic E-state index is -0.495. The second kappa shape index (κ2) is 11.8. The summed E-state index contributed by atoms with van der Waals surface area (Å²) in [5.74, 6) is -0.196. The Morgan fingerprint density at radius 1 is 1.08 bits per heavy atom. The van der Waals surface area contributed by atoms with Crippen LogP contribution in [0.5, 0.6) is 0 Å². The van der Waals surface area contributed by atoms with Gasteiger partial charge in [0.1, 0.15) is 11.1 Å². The highest BCUT2D eigenvalue weighted by Crippen LogP contribution is 2.24. The van der Waals surface area contributed by atoms with E-state index >= 15 is 0 Å². The third-order valence-electron chi connectivity index (χ3n) is 6.07. The predicted octanol–water partition coefficient (Wildman–Crippen LogP) is 5.85. The molecule has 0 radical (unpaired) electrons. The number of benzene rings is 2. The molecule has 1 saturated heterocycles. The Morgan fingerprint density at radius 2 is 1.81 bits per heavy atom. The largest absolute Gasteiger partial charge is 0.460 e. The molecule has 7 nitrogen and oxygen atoms in total. The van der Waals surface area contributed by atoms with Crippen LogP contribution < -0.4 is 5.32 Å². The molecule has 0 unspecified atom stereocenters. The maximum absolute atomic E-state index is 12.4. The van der Waals surface area contributed by atoms with Gasteiger partial charge in [-0.3, -0.25) is 14.6 Å². The zero-order valence-corrected chi connectivity index (χ0v) is 22.6. The van der Waals surface area contributed by atoms with Crippen molar-refractivity contribution in [2.24, 2.45) is 0 Å². The molecular weight excluding hydrogens is 499 g/mol. The maximum atomic E-state index is 12.4. The number of nitrogens with zero attached hydrogens (tertiary/aromatic N) is 3. The highest BCUT2D eigenvalue weighted by atomic mass is 35.5. The number of carbonyl (C=O) groups excluding carboxylic acids is 1. The van der Waals surface area contributed by atoms with Gasteiger partial charge in [0.2, 0.25) is 0 Å². The van der Waals surface area contributed by atoms with Crippen LogP contribution in [0.1, 0.15) is 39.2 Å². The summed E-state index contributed by atoms with van der Waals surface area (Å²) in [5.41, 5.74) is 2.21. The number of carbonyl (C=O) groups is 1. The van der Waals surface area contributed by atoms with Gasteiger partial charge in [-0.1, -0.05) is 41.4 Å². The number of piperazine rings is 1. The topological polar surface area (TPSA) is 70.8 Å². The van der Waals surface area contributed by atoms with E-state index in [2.05, 4.69) is 20.1 Å². The van der Waals surface area contributed by atoms with Gasteiger partial charge < -0.3 is 14.5 Å². The first-order chi connectivity index (χ1) is 17.1. The first-order valence-corrected chi connectivity index (χ1v) is 13.1. The van der Waals surface area contributed by atoms with Crippen molar-refractivity contribution in [3.05, 3.63) is 58.1 Å². The fraction of sp³-hybridized carbons (Fsp3) is 0.481. The number of para-hydroxylation sites is 2. The average molecular weight is 534 g/mol. The number of aromatic nitrogens is 1. The molecule has 9 heteroatoms. The second-order valence-corrected chi connectivity index (χ2v) is 11.1. The van der Waals surface area contributed by atoms with Crippen LogP contribution in [-0.2, 0) is 16.1 Å². The Balaban J connectivity index is 1.34. The van der Waals surface area contributed by atoms with Crippen molar-refractivity contribution in [2.75, 3.05) is 38.0 Å². The Labute approximate surface area is 222 Å². The van der Waals surface area contributed by atoms with Crippen molar-refractivity contribution < 1.29 is 13.9 Å². The van der Waals surface area contributed by atoms with Crippen LogP contribution in [0.3, 0.4) is 0 Å². The molecule has 0 aliphatic carbocycles. The smallest absolute Gasteiger partial charge is 0.306 e. The molecule has 194 valence electrons. The lowest BCUT2D eigenvalue weighted by molar-refractivity contribution is -0.155. The van der Waals surface area contributed by atoms with Crippen LogP contribution in [0.25, 0.3) is 11.1 Å². The lowest BCUT2D eigenvalue weighted by Crippen LogP contribution is -2.49. The molecule has 1 aromatic heterocycles. The molecule has 0 amide bonds. The second-order valence-electron chi connectivity index (χ2n) is 10.3. The standard InChI is InChI=1S/C27H34Cl2N4O3/c1-27(2,3)36-25(34)11-9-20(30-26-31-23-6-4-5-7-24(23)35-26)18-33-14-12-32(13-15-33)17-19-8-10-21(28)22(29)16-19/h4-8,10,16,20H,9,11-15,17-18H2,1-3H3,(H,30,31)/t20-/m1/s1. The SMILES string of the molecule is CC(C)(C)OC(=O)CC[C@H](CN1CCN(Cc2ccc(Cl)c(Cl)c2)CC1)Nc1nc2ccccc2o1. The molecule has 1 aliphatic rings. The van der Waals surface area contributed by atoms with Gasteiger partial charge in [0.05, 0.1) is 10.0 Å². The summed E-state index contributed by atoms with van der Waals surface area (Å²) in [7, 11) is 0. The molecule has 3 aromatic rings. The number of anilines is 1. The first-order valence-electron chi connectivity index (χ1n) is 12.4. The fourth-order valence-electron chi connectivity index (χ4n) is 4.34. The lowest BCUT2D eigenvalue weighted by Gasteiger charge is -2.36. The number of esters is 1. The van der Waals surface area contributed by atoms with E-state index < -0.39 is 5.60 Å². The monoisotopic (exact) mass is 532 g/mol. The maximum Gasteiger partial charge on any atom is 0.306 e. The highest BCUT2D eigenvalue weighted by Gasteiger charge is 2.24. The third-order valence-corrected chi connectivity index (χ3v) is 6.81. The Bertz CT molecular complexity index is 1140. The molecule has 1 fully saturated rings. The summed E-state index contributed by atoms with van der Waals surface area (Å²) < 4.78 is 11.4. The summed E-state index contributed by atoms with van der Waals surface area (Å²) in [4.78, 5) is 21.8. The summed E-state index contributed by atoms with van der Waals surface area (Å²) in [6, 6.07) is 14.0. The summed E-state index contributed by atoms with van der Waals surface area (Å²) >= 11 is 12.2. The average Bonchev–Trinajstić information content (AvgIpc) is 3.22. The molecule has 0 spiro atoms. The molecule has 1 N–H and O–H groups in total. The zero-order chi connectivity index (χ0) is 25.7. The molecule has 2 heterocycles. The van der Waals surface area contributed by atoms with Crippen molar-refractivity contribution in [3.8, 4) is 0 Å². The number of ether oxygens (including phenoxy) is 1. The number of oxazole rings is 1. The number of rotatable bonds is 9. The van der Waals surface area contributed by atoms with E-state index in [1.807, 2.05) is 63.2 Å². The van der Waals surface area contributed by atoms with Crippen molar-refractivity contribution in [3.63, 3.8) is 0 Å². The van der Waals surface area contributed by atoms with E-state index in [9.17, 15) is 4.79 Å². The van der Waals surface area contributed by atoms with Crippen LogP contribution in [0.2, 0.25) is 10.0 Å². The Hall–Kier alpha value is -2.32. The quantitative estimate of drug-likeness (QED) is 0.346. The first kappa shape index (κ1) is 26.7. The molecule has 1 atom stereocenters.